The summed E-state index contributed by atoms with van der Waals surface area (Å²) in [6, 6.07) is 0. The summed E-state index contributed by atoms with van der Waals surface area (Å²) in [6.07, 6.45) is 0.855. The van der Waals surface area contributed by atoms with E-state index in [-0.39, 0.29) is 20.4 Å². The predicted molar refractivity (Wildman–Crippen MR) is 43.6 cm³/mol. The number of carbonyl (C=O) groups excluding carboxylic acids is 1. The number of rotatable bonds is 3. The summed E-state index contributed by atoms with van der Waals surface area (Å²) >= 11 is 0. The molecule has 9 heavy (non-hydrogen) atoms. The second-order valence-electron chi connectivity index (χ2n) is 1.85. The first-order valence-electron chi connectivity index (χ1n) is 2.88. The van der Waals surface area contributed by atoms with E-state index in [0.717, 1.165) is 6.42 Å². The van der Waals surface area contributed by atoms with Gasteiger partial charge in [0.1, 0.15) is 0 Å². The van der Waals surface area contributed by atoms with Crippen molar-refractivity contribution in [3.05, 3.63) is 0 Å². The molecule has 3 atom stereocenters. The van der Waals surface area contributed by atoms with Crippen LogP contribution in [0.4, 0.5) is 0 Å². The van der Waals surface area contributed by atoms with Crippen LogP contribution in [0.15, 0.2) is 0 Å². The monoisotopic (exact) mass is 166 g/mol. The minimum Gasteiger partial charge on any atom is -0.444 e. The van der Waals surface area contributed by atoms with Gasteiger partial charge in [-0.1, -0.05) is 22.8 Å². The molecule has 0 bridgehead atoms. The third kappa shape index (κ3) is 3.83. The van der Waals surface area contributed by atoms with Gasteiger partial charge in [-0.05, 0) is 6.42 Å². The predicted octanol–water partition coefficient (Wildman–Crippen LogP) is 1.96. The molecular formula is C5H12O2P2. The van der Waals surface area contributed by atoms with Crippen molar-refractivity contribution >= 4 is 23.4 Å². The zero-order valence-electron chi connectivity index (χ0n) is 5.68. The van der Waals surface area contributed by atoms with Crippen LogP contribution in [-0.4, -0.2) is 5.97 Å². The summed E-state index contributed by atoms with van der Waals surface area (Å²) in [5.74, 6) is -0.0381. The lowest BCUT2D eigenvalue weighted by atomic mass is 10.1. The fourth-order valence-corrected chi connectivity index (χ4v) is 0.991. The largest absolute Gasteiger partial charge is 0.444 e. The molecule has 0 aromatic rings. The van der Waals surface area contributed by atoms with Crippen LogP contribution in [0.3, 0.4) is 0 Å². The van der Waals surface area contributed by atoms with Crippen molar-refractivity contribution in [2.24, 2.45) is 5.92 Å². The van der Waals surface area contributed by atoms with E-state index >= 15 is 0 Å². The van der Waals surface area contributed by atoms with Crippen molar-refractivity contribution < 1.29 is 9.32 Å². The van der Waals surface area contributed by atoms with E-state index in [1.54, 1.807) is 0 Å². The Hall–Kier alpha value is 0.330. The van der Waals surface area contributed by atoms with Gasteiger partial charge in [0, 0.05) is 0 Å². The fraction of sp³-hybridized carbons (Fsp3) is 0.800. The molecule has 0 rings (SSSR count). The molecule has 0 fully saturated rings. The Kier molecular flexibility index (Phi) is 5.33. The van der Waals surface area contributed by atoms with Crippen molar-refractivity contribution in [3.8, 4) is 0 Å². The van der Waals surface area contributed by atoms with Crippen molar-refractivity contribution in [1.82, 2.24) is 0 Å². The molecule has 0 aliphatic rings. The molecule has 0 aliphatic heterocycles. The molecule has 0 saturated carbocycles. The van der Waals surface area contributed by atoms with E-state index in [9.17, 15) is 4.79 Å². The lowest BCUT2D eigenvalue weighted by molar-refractivity contribution is -0.137. The normalized spacial score (nSPS) is 14.1. The van der Waals surface area contributed by atoms with Gasteiger partial charge in [0.05, 0.1) is 14.4 Å². The molecule has 0 saturated heterocycles. The van der Waals surface area contributed by atoms with Gasteiger partial charge < -0.3 is 4.52 Å². The minimum absolute atomic E-state index is 0.0537. The number of hydrogen-bond acceptors (Lipinski definition) is 2. The Bertz CT molecular complexity index is 95.0. The van der Waals surface area contributed by atoms with Crippen LogP contribution in [0, 0.1) is 5.92 Å². The molecule has 3 unspecified atom stereocenters. The highest BCUT2D eigenvalue weighted by Gasteiger charge is 2.09. The average Bonchev–Trinajstić information content (AvgIpc) is 1.87. The molecule has 4 heteroatoms. The van der Waals surface area contributed by atoms with E-state index in [1.165, 1.54) is 0 Å². The van der Waals surface area contributed by atoms with Gasteiger partial charge in [-0.25, -0.2) is 0 Å². The van der Waals surface area contributed by atoms with Crippen molar-refractivity contribution in [3.63, 3.8) is 0 Å². The van der Waals surface area contributed by atoms with Crippen molar-refractivity contribution in [2.45, 2.75) is 20.3 Å². The third-order valence-electron chi connectivity index (χ3n) is 1.17. The maximum atomic E-state index is 10.7. The number of carbonyl (C=O) groups is 1. The van der Waals surface area contributed by atoms with Crippen LogP contribution in [0.25, 0.3) is 0 Å². The molecule has 0 aliphatic carbocycles. The van der Waals surface area contributed by atoms with E-state index < -0.39 is 0 Å². The molecule has 0 spiro atoms. The van der Waals surface area contributed by atoms with Crippen LogP contribution in [0.2, 0.25) is 0 Å². The summed E-state index contributed by atoms with van der Waals surface area (Å²) in [4.78, 5) is 10.7. The lowest BCUT2D eigenvalue weighted by Crippen LogP contribution is -2.08. The standard InChI is InChI=1S/C5H12O2P2/c1-3-4(2)5(6)7-9-8/h4,9H,3,8H2,1-2H3. The Morgan fingerprint density at radius 1 is 1.89 bits per heavy atom. The van der Waals surface area contributed by atoms with Gasteiger partial charge in [0.15, 0.2) is 0 Å². The lowest BCUT2D eigenvalue weighted by Gasteiger charge is -2.05. The topological polar surface area (TPSA) is 26.3 Å². The van der Waals surface area contributed by atoms with Crippen molar-refractivity contribution in [1.29, 1.82) is 0 Å². The highest BCUT2D eigenvalue weighted by atomic mass is 32.0. The smallest absolute Gasteiger partial charge is 0.311 e. The quantitative estimate of drug-likeness (QED) is 0.599. The van der Waals surface area contributed by atoms with Gasteiger partial charge in [0.25, 0.3) is 0 Å². The Morgan fingerprint density at radius 3 is 2.78 bits per heavy atom. The molecule has 0 radical (unpaired) electrons. The van der Waals surface area contributed by atoms with Crippen LogP contribution in [-0.2, 0) is 9.32 Å². The molecule has 54 valence electrons. The average molecular weight is 166 g/mol. The zero-order chi connectivity index (χ0) is 7.28. The molecule has 0 heterocycles. The first-order chi connectivity index (χ1) is 4.22. The third-order valence-corrected chi connectivity index (χ3v) is 1.85. The summed E-state index contributed by atoms with van der Waals surface area (Å²) in [5.41, 5.74) is 0. The van der Waals surface area contributed by atoms with Gasteiger partial charge in [-0.2, -0.15) is 0 Å². The number of hydrogen-bond donors (Lipinski definition) is 0. The highest BCUT2D eigenvalue weighted by Crippen LogP contribution is 2.23. The van der Waals surface area contributed by atoms with Gasteiger partial charge in [0.2, 0.25) is 0 Å². The van der Waals surface area contributed by atoms with E-state index in [4.69, 9.17) is 4.52 Å². The van der Waals surface area contributed by atoms with Gasteiger partial charge in [-0.15, -0.1) is 0 Å². The Morgan fingerprint density at radius 2 is 2.44 bits per heavy atom. The molecule has 0 aromatic carbocycles. The van der Waals surface area contributed by atoms with Crippen molar-refractivity contribution in [2.75, 3.05) is 0 Å². The zero-order valence-corrected chi connectivity index (χ0v) is 7.83. The highest BCUT2D eigenvalue weighted by molar-refractivity contribution is 8.00. The van der Waals surface area contributed by atoms with Crippen LogP contribution < -0.4 is 0 Å². The van der Waals surface area contributed by atoms with Gasteiger partial charge in [-0.3, -0.25) is 4.79 Å². The molecule has 2 nitrogen and oxygen atoms in total. The second kappa shape index (κ2) is 5.14. The SMILES string of the molecule is CCC(C)C(=O)OPP. The Labute approximate surface area is 59.7 Å². The van der Waals surface area contributed by atoms with E-state index in [1.807, 2.05) is 13.8 Å². The van der Waals surface area contributed by atoms with Crippen LogP contribution >= 0.6 is 17.4 Å². The maximum absolute atomic E-state index is 10.7. The summed E-state index contributed by atoms with van der Waals surface area (Å²) < 4.78 is 4.75. The summed E-state index contributed by atoms with van der Waals surface area (Å²) in [6.45, 7) is 3.84. The molecular weight excluding hydrogens is 154 g/mol. The summed E-state index contributed by atoms with van der Waals surface area (Å²) in [5, 5.41) is 0. The van der Waals surface area contributed by atoms with E-state index in [2.05, 4.69) is 8.93 Å². The fourth-order valence-electron chi connectivity index (χ4n) is 0.325. The maximum Gasteiger partial charge on any atom is 0.311 e. The van der Waals surface area contributed by atoms with Crippen LogP contribution in [0.1, 0.15) is 20.3 Å². The summed E-state index contributed by atoms with van der Waals surface area (Å²) in [7, 11) is 2.58. The molecule has 0 amide bonds. The first kappa shape index (κ1) is 9.33. The van der Waals surface area contributed by atoms with Crippen LogP contribution in [0.5, 0.6) is 0 Å². The first-order valence-corrected chi connectivity index (χ1v) is 5.60. The molecule has 0 aromatic heterocycles. The second-order valence-corrected chi connectivity index (χ2v) is 3.00. The van der Waals surface area contributed by atoms with Gasteiger partial charge >= 0.3 is 5.97 Å². The molecule has 0 N–H and O–H groups in total. The minimum atomic E-state index is -0.0918. The van der Waals surface area contributed by atoms with E-state index in [0.29, 0.717) is 0 Å². The Balaban J connectivity index is 3.46.